The Morgan fingerprint density at radius 3 is 2.44 bits per heavy atom. The summed E-state index contributed by atoms with van der Waals surface area (Å²) in [6.45, 7) is 1.65. The van der Waals surface area contributed by atoms with Gasteiger partial charge in [-0.25, -0.2) is 4.79 Å². The second kappa shape index (κ2) is 8.61. The quantitative estimate of drug-likeness (QED) is 0.339. The summed E-state index contributed by atoms with van der Waals surface area (Å²) in [5.41, 5.74) is 1.60. The molecule has 0 unspecified atom stereocenters. The van der Waals surface area contributed by atoms with Gasteiger partial charge in [-0.05, 0) is 37.3 Å². The molecule has 1 aliphatic heterocycles. The van der Waals surface area contributed by atoms with Crippen molar-refractivity contribution in [2.45, 2.75) is 13.5 Å². The molecule has 0 spiro atoms. The molecule has 2 aromatic carbocycles. The van der Waals surface area contributed by atoms with Gasteiger partial charge in [-0.15, -0.1) is 6.42 Å². The van der Waals surface area contributed by atoms with Crippen molar-refractivity contribution in [1.29, 1.82) is 0 Å². The average Bonchev–Trinajstić information content (AvgIpc) is 3.24. The summed E-state index contributed by atoms with van der Waals surface area (Å²) in [4.78, 5) is 55.0. The second-order valence-electron chi connectivity index (χ2n) is 6.83. The molecule has 0 radical (unpaired) electrons. The minimum absolute atomic E-state index is 0.151. The number of aromatic nitrogens is 1. The predicted molar refractivity (Wildman–Crippen MR) is 117 cm³/mol. The molecule has 0 saturated heterocycles. The van der Waals surface area contributed by atoms with E-state index in [9.17, 15) is 19.2 Å². The van der Waals surface area contributed by atoms with Gasteiger partial charge in [0.25, 0.3) is 17.7 Å². The number of hydrogen-bond acceptors (Lipinski definition) is 6. The van der Waals surface area contributed by atoms with Gasteiger partial charge in [-0.3, -0.25) is 19.3 Å². The molecule has 160 valence electrons. The van der Waals surface area contributed by atoms with Gasteiger partial charge in [0.2, 0.25) is 0 Å². The van der Waals surface area contributed by atoms with Crippen molar-refractivity contribution < 1.29 is 23.9 Å². The maximum absolute atomic E-state index is 12.7. The molecule has 0 aliphatic carbocycles. The Morgan fingerprint density at radius 2 is 1.81 bits per heavy atom. The van der Waals surface area contributed by atoms with Crippen LogP contribution in [-0.2, 0) is 16.1 Å². The zero-order valence-electron chi connectivity index (χ0n) is 17.0. The fourth-order valence-corrected chi connectivity index (χ4v) is 4.49. The molecule has 0 saturated carbocycles. The van der Waals surface area contributed by atoms with Crippen LogP contribution in [0.15, 0.2) is 47.5 Å². The Labute approximate surface area is 186 Å². The number of ether oxygens (including phenoxy) is 1. The van der Waals surface area contributed by atoms with Crippen LogP contribution < -0.4 is 4.80 Å². The van der Waals surface area contributed by atoms with Crippen molar-refractivity contribution >= 4 is 45.2 Å². The lowest BCUT2D eigenvalue weighted by Crippen LogP contribution is -2.35. The molecule has 2 heterocycles. The van der Waals surface area contributed by atoms with Crippen LogP contribution in [0.2, 0.25) is 0 Å². The molecular weight excluding hydrogens is 430 g/mol. The third-order valence-corrected chi connectivity index (χ3v) is 5.88. The molecule has 3 amide bonds. The maximum Gasteiger partial charge on any atom is 0.338 e. The SMILES string of the molecule is C#CCn1c(=NC(=O)CN2C(=O)c3ccccc3C2=O)sc2cc(C(=O)OCC)ccc21. The van der Waals surface area contributed by atoms with Crippen LogP contribution in [0, 0.1) is 12.3 Å². The van der Waals surface area contributed by atoms with Crippen LogP contribution in [0.3, 0.4) is 0 Å². The highest BCUT2D eigenvalue weighted by Gasteiger charge is 2.36. The van der Waals surface area contributed by atoms with Crippen LogP contribution in [0.25, 0.3) is 10.2 Å². The third-order valence-electron chi connectivity index (χ3n) is 4.84. The van der Waals surface area contributed by atoms with Crippen LogP contribution >= 0.6 is 11.3 Å². The number of carbonyl (C=O) groups is 4. The average molecular weight is 447 g/mol. The zero-order chi connectivity index (χ0) is 22.8. The Bertz CT molecular complexity index is 1360. The van der Waals surface area contributed by atoms with Crippen molar-refractivity contribution in [2.75, 3.05) is 13.2 Å². The molecule has 0 bridgehead atoms. The molecule has 8 nitrogen and oxygen atoms in total. The summed E-state index contributed by atoms with van der Waals surface area (Å²) in [6, 6.07) is 11.4. The number of terminal acetylenes is 1. The van der Waals surface area contributed by atoms with Gasteiger partial charge >= 0.3 is 5.97 Å². The smallest absolute Gasteiger partial charge is 0.338 e. The minimum atomic E-state index is -0.664. The van der Waals surface area contributed by atoms with E-state index in [0.717, 1.165) is 4.90 Å². The normalized spacial score (nSPS) is 13.4. The van der Waals surface area contributed by atoms with E-state index in [1.807, 2.05) is 0 Å². The maximum atomic E-state index is 12.7. The van der Waals surface area contributed by atoms with Gasteiger partial charge < -0.3 is 9.30 Å². The van der Waals surface area contributed by atoms with Gasteiger partial charge in [0.15, 0.2) is 4.80 Å². The number of hydrogen-bond donors (Lipinski definition) is 0. The first kappa shape index (κ1) is 21.2. The lowest BCUT2D eigenvalue weighted by molar-refractivity contribution is -0.118. The van der Waals surface area contributed by atoms with Crippen LogP contribution in [0.1, 0.15) is 38.0 Å². The number of benzene rings is 2. The van der Waals surface area contributed by atoms with E-state index in [1.54, 1.807) is 54.0 Å². The molecule has 3 aromatic rings. The summed E-state index contributed by atoms with van der Waals surface area (Å²) < 4.78 is 7.38. The number of esters is 1. The largest absolute Gasteiger partial charge is 0.462 e. The van der Waals surface area contributed by atoms with Gasteiger partial charge in [-0.2, -0.15) is 4.99 Å². The van der Waals surface area contributed by atoms with E-state index in [0.29, 0.717) is 20.6 Å². The standard InChI is InChI=1S/C23H17N3O5S/c1-3-11-25-17-10-9-14(22(30)31-4-2)12-18(17)32-23(25)24-19(27)13-26-20(28)15-7-5-6-8-16(15)21(26)29/h1,5-10,12H,4,11,13H2,2H3. The van der Waals surface area contributed by atoms with E-state index < -0.39 is 30.2 Å². The fraction of sp³-hybridized carbons (Fsp3) is 0.174. The Balaban J connectivity index is 1.67. The van der Waals surface area contributed by atoms with E-state index >= 15 is 0 Å². The summed E-state index contributed by atoms with van der Waals surface area (Å²) in [6.07, 6.45) is 5.48. The summed E-state index contributed by atoms with van der Waals surface area (Å²) in [5, 5.41) is 0. The number of carbonyl (C=O) groups excluding carboxylic acids is 4. The molecule has 4 rings (SSSR count). The lowest BCUT2D eigenvalue weighted by Gasteiger charge is -2.10. The topological polar surface area (TPSA) is 98.0 Å². The zero-order valence-corrected chi connectivity index (χ0v) is 17.8. The number of fused-ring (bicyclic) bond motifs is 2. The number of nitrogens with zero attached hydrogens (tertiary/aromatic N) is 3. The van der Waals surface area contributed by atoms with E-state index in [2.05, 4.69) is 10.9 Å². The number of amides is 3. The highest BCUT2D eigenvalue weighted by atomic mass is 32.1. The summed E-state index contributed by atoms with van der Waals surface area (Å²) in [7, 11) is 0. The number of thiazole rings is 1. The molecule has 32 heavy (non-hydrogen) atoms. The van der Waals surface area contributed by atoms with Crippen LogP contribution in [-0.4, -0.2) is 46.3 Å². The Morgan fingerprint density at radius 1 is 1.12 bits per heavy atom. The highest BCUT2D eigenvalue weighted by Crippen LogP contribution is 2.23. The van der Waals surface area contributed by atoms with Crippen molar-refractivity contribution in [3.8, 4) is 12.3 Å². The van der Waals surface area contributed by atoms with Crippen molar-refractivity contribution in [2.24, 2.45) is 4.99 Å². The highest BCUT2D eigenvalue weighted by molar-refractivity contribution is 7.16. The van der Waals surface area contributed by atoms with Crippen molar-refractivity contribution in [3.63, 3.8) is 0 Å². The van der Waals surface area contributed by atoms with Crippen LogP contribution in [0.5, 0.6) is 0 Å². The Kier molecular flexibility index (Phi) is 5.71. The Hall–Kier alpha value is -4.03. The summed E-state index contributed by atoms with van der Waals surface area (Å²) >= 11 is 1.17. The van der Waals surface area contributed by atoms with E-state index in [1.165, 1.54) is 11.3 Å². The molecule has 0 atom stereocenters. The molecular formula is C23H17N3O5S. The van der Waals surface area contributed by atoms with Crippen LogP contribution in [0.4, 0.5) is 0 Å². The van der Waals surface area contributed by atoms with E-state index in [-0.39, 0.29) is 24.3 Å². The van der Waals surface area contributed by atoms with Crippen molar-refractivity contribution in [3.05, 3.63) is 64.0 Å². The first-order chi connectivity index (χ1) is 15.4. The lowest BCUT2D eigenvalue weighted by atomic mass is 10.1. The number of imide groups is 1. The third kappa shape index (κ3) is 3.72. The first-order valence-electron chi connectivity index (χ1n) is 9.71. The summed E-state index contributed by atoms with van der Waals surface area (Å²) in [5.74, 6) is 0.350. The first-order valence-corrected chi connectivity index (χ1v) is 10.5. The van der Waals surface area contributed by atoms with Gasteiger partial charge in [0.1, 0.15) is 6.54 Å². The fourth-order valence-electron chi connectivity index (χ4n) is 3.40. The monoisotopic (exact) mass is 447 g/mol. The van der Waals surface area contributed by atoms with Gasteiger partial charge in [0, 0.05) is 0 Å². The van der Waals surface area contributed by atoms with Gasteiger partial charge in [-0.1, -0.05) is 29.4 Å². The van der Waals surface area contributed by atoms with Crippen molar-refractivity contribution in [1.82, 2.24) is 9.47 Å². The number of rotatable bonds is 5. The molecule has 1 aromatic heterocycles. The van der Waals surface area contributed by atoms with E-state index in [4.69, 9.17) is 11.2 Å². The molecule has 0 fully saturated rings. The molecule has 1 aliphatic rings. The molecule has 9 heteroatoms. The minimum Gasteiger partial charge on any atom is -0.462 e. The molecule has 0 N–H and O–H groups in total. The predicted octanol–water partition coefficient (Wildman–Crippen LogP) is 2.24. The second-order valence-corrected chi connectivity index (χ2v) is 7.83. The van der Waals surface area contributed by atoms with Gasteiger partial charge in [0.05, 0.1) is 40.1 Å².